The highest BCUT2D eigenvalue weighted by atomic mass is 16.5. The highest BCUT2D eigenvalue weighted by molar-refractivity contribution is 5.75. The number of hydrogen-bond acceptors (Lipinski definition) is 5. The molecule has 6 nitrogen and oxygen atoms in total. The fraction of sp³-hybridized carbons (Fsp3) is 0.400. The lowest BCUT2D eigenvalue weighted by Crippen LogP contribution is -2.34. The molecule has 0 bridgehead atoms. The van der Waals surface area contributed by atoms with E-state index in [0.29, 0.717) is 11.6 Å². The van der Waals surface area contributed by atoms with Crippen molar-refractivity contribution in [1.29, 1.82) is 0 Å². The van der Waals surface area contributed by atoms with Crippen molar-refractivity contribution in [2.45, 2.75) is 38.7 Å². The zero-order valence-corrected chi connectivity index (χ0v) is 15.1. The molecule has 0 spiro atoms. The molecule has 1 saturated heterocycles. The zero-order valence-electron chi connectivity index (χ0n) is 15.1. The Kier molecular flexibility index (Phi) is 4.51. The molecule has 0 radical (unpaired) electrons. The summed E-state index contributed by atoms with van der Waals surface area (Å²) in [5, 5.41) is 3.31. The van der Waals surface area contributed by atoms with E-state index in [0.717, 1.165) is 42.7 Å². The molecule has 1 aliphatic heterocycles. The van der Waals surface area contributed by atoms with Crippen molar-refractivity contribution in [3.8, 4) is 11.4 Å². The second kappa shape index (κ2) is 6.96. The van der Waals surface area contributed by atoms with Gasteiger partial charge >= 0.3 is 0 Å². The summed E-state index contributed by atoms with van der Waals surface area (Å²) in [5.41, 5.74) is 2.13. The first kappa shape index (κ1) is 16.8. The molecule has 1 aromatic carbocycles. The van der Waals surface area contributed by atoms with Crippen LogP contribution in [0.5, 0.6) is 5.75 Å². The van der Waals surface area contributed by atoms with Crippen molar-refractivity contribution in [1.82, 2.24) is 14.9 Å². The normalized spacial score (nSPS) is 15.7. The van der Waals surface area contributed by atoms with E-state index in [1.54, 1.807) is 16.8 Å². The smallest absolute Gasteiger partial charge is 0.258 e. The Balaban J connectivity index is 1.60. The molecule has 0 atom stereocenters. The quantitative estimate of drug-likeness (QED) is 0.780. The van der Waals surface area contributed by atoms with Crippen molar-refractivity contribution in [3.05, 3.63) is 52.8 Å². The molecule has 1 N–H and O–H groups in total. The number of hydrogen-bond donors (Lipinski definition) is 1. The number of rotatable bonds is 4. The van der Waals surface area contributed by atoms with E-state index in [4.69, 9.17) is 9.15 Å². The molecule has 0 amide bonds. The minimum atomic E-state index is -0.122. The van der Waals surface area contributed by atoms with Gasteiger partial charge in [-0.3, -0.25) is 9.36 Å². The second-order valence-corrected chi connectivity index (χ2v) is 7.00. The van der Waals surface area contributed by atoms with E-state index >= 15 is 0 Å². The van der Waals surface area contributed by atoms with Crippen molar-refractivity contribution in [3.63, 3.8) is 0 Å². The van der Waals surface area contributed by atoms with Crippen molar-refractivity contribution >= 4 is 11.1 Å². The van der Waals surface area contributed by atoms with Crippen LogP contribution in [-0.2, 0) is 0 Å². The van der Waals surface area contributed by atoms with Crippen LogP contribution in [0.15, 0.2) is 45.7 Å². The van der Waals surface area contributed by atoms with Crippen LogP contribution in [0.4, 0.5) is 0 Å². The fourth-order valence-corrected chi connectivity index (χ4v) is 3.18. The zero-order chi connectivity index (χ0) is 18.1. The number of pyridine rings is 1. The van der Waals surface area contributed by atoms with Crippen molar-refractivity contribution in [2.75, 3.05) is 13.1 Å². The first-order chi connectivity index (χ1) is 12.6. The standard InChI is InChI=1S/C20H23N3O3/c1-13(2)20-22-17-11-14(3-4-18(17)26-20)23-10-7-16(12-19(23)24)25-15-5-8-21-9-6-15/h3-4,7,10-13,15,21H,5-6,8-9H2,1-2H3. The summed E-state index contributed by atoms with van der Waals surface area (Å²) in [7, 11) is 0. The van der Waals surface area contributed by atoms with Gasteiger partial charge < -0.3 is 14.5 Å². The van der Waals surface area contributed by atoms with Crippen LogP contribution in [0.3, 0.4) is 0 Å². The van der Waals surface area contributed by atoms with Gasteiger partial charge in [-0.15, -0.1) is 0 Å². The Morgan fingerprint density at radius 2 is 2.04 bits per heavy atom. The average molecular weight is 353 g/mol. The number of benzene rings is 1. The number of nitrogens with one attached hydrogen (secondary N) is 1. The number of oxazole rings is 1. The third-order valence-electron chi connectivity index (χ3n) is 4.64. The van der Waals surface area contributed by atoms with E-state index in [-0.39, 0.29) is 17.6 Å². The van der Waals surface area contributed by atoms with Crippen LogP contribution in [0.2, 0.25) is 0 Å². The van der Waals surface area contributed by atoms with Crippen LogP contribution in [0.25, 0.3) is 16.8 Å². The molecule has 1 aliphatic rings. The number of piperidine rings is 1. The molecular weight excluding hydrogens is 330 g/mol. The van der Waals surface area contributed by atoms with Crippen LogP contribution in [0.1, 0.15) is 38.5 Å². The van der Waals surface area contributed by atoms with Gasteiger partial charge in [0.2, 0.25) is 0 Å². The Labute approximate surface area is 151 Å². The van der Waals surface area contributed by atoms with E-state index in [9.17, 15) is 4.79 Å². The highest BCUT2D eigenvalue weighted by Crippen LogP contribution is 2.23. The third-order valence-corrected chi connectivity index (χ3v) is 4.64. The summed E-state index contributed by atoms with van der Waals surface area (Å²) in [6, 6.07) is 8.99. The molecule has 0 saturated carbocycles. The predicted octanol–water partition coefficient (Wildman–Crippen LogP) is 3.23. The molecule has 26 heavy (non-hydrogen) atoms. The molecule has 2 aromatic heterocycles. The topological polar surface area (TPSA) is 69.3 Å². The summed E-state index contributed by atoms with van der Waals surface area (Å²) < 4.78 is 13.3. The molecule has 3 heterocycles. The maximum Gasteiger partial charge on any atom is 0.258 e. The number of aromatic nitrogens is 2. The van der Waals surface area contributed by atoms with Gasteiger partial charge in [0.25, 0.3) is 5.56 Å². The minimum absolute atomic E-state index is 0.122. The summed E-state index contributed by atoms with van der Waals surface area (Å²) in [4.78, 5) is 17.1. The largest absolute Gasteiger partial charge is 0.490 e. The summed E-state index contributed by atoms with van der Waals surface area (Å²) in [6.07, 6.45) is 3.85. The molecule has 0 aliphatic carbocycles. The number of nitrogens with zero attached hydrogens (tertiary/aromatic N) is 2. The van der Waals surface area contributed by atoms with Gasteiger partial charge in [-0.25, -0.2) is 4.98 Å². The number of fused-ring (bicyclic) bond motifs is 1. The summed E-state index contributed by atoms with van der Waals surface area (Å²) in [6.45, 7) is 5.99. The first-order valence-electron chi connectivity index (χ1n) is 9.11. The molecule has 0 unspecified atom stereocenters. The van der Waals surface area contributed by atoms with Crippen LogP contribution in [0, 0.1) is 0 Å². The fourth-order valence-electron chi connectivity index (χ4n) is 3.18. The monoisotopic (exact) mass is 353 g/mol. The van der Waals surface area contributed by atoms with Crippen LogP contribution >= 0.6 is 0 Å². The highest BCUT2D eigenvalue weighted by Gasteiger charge is 2.15. The Hall–Kier alpha value is -2.60. The van der Waals surface area contributed by atoms with Crippen molar-refractivity contribution in [2.24, 2.45) is 0 Å². The SMILES string of the molecule is CC(C)c1nc2cc(-n3ccc(OC4CCNCC4)cc3=O)ccc2o1. The van der Waals surface area contributed by atoms with E-state index in [1.807, 2.05) is 38.1 Å². The molecule has 1 fully saturated rings. The summed E-state index contributed by atoms with van der Waals surface area (Å²) in [5.74, 6) is 1.55. The van der Waals surface area contributed by atoms with Crippen LogP contribution in [-0.4, -0.2) is 28.7 Å². The molecule has 136 valence electrons. The minimum Gasteiger partial charge on any atom is -0.490 e. The first-order valence-corrected chi connectivity index (χ1v) is 9.11. The maximum absolute atomic E-state index is 12.6. The van der Waals surface area contributed by atoms with E-state index in [1.165, 1.54) is 0 Å². The van der Waals surface area contributed by atoms with Gasteiger partial charge in [-0.05, 0) is 50.2 Å². The Morgan fingerprint density at radius 3 is 2.77 bits per heavy atom. The Morgan fingerprint density at radius 1 is 1.23 bits per heavy atom. The van der Waals surface area contributed by atoms with Gasteiger partial charge in [0.1, 0.15) is 17.4 Å². The summed E-state index contributed by atoms with van der Waals surface area (Å²) >= 11 is 0. The van der Waals surface area contributed by atoms with Gasteiger partial charge in [0, 0.05) is 18.2 Å². The molecule has 3 aromatic rings. The average Bonchev–Trinajstić information content (AvgIpc) is 3.06. The maximum atomic E-state index is 12.6. The van der Waals surface area contributed by atoms with Gasteiger partial charge in [0.05, 0.1) is 5.69 Å². The second-order valence-electron chi connectivity index (χ2n) is 7.00. The molecule has 4 rings (SSSR count). The Bertz CT molecular complexity index is 968. The van der Waals surface area contributed by atoms with Gasteiger partial charge in [-0.1, -0.05) is 13.8 Å². The lowest BCUT2D eigenvalue weighted by Gasteiger charge is -2.23. The molecular formula is C20H23N3O3. The lowest BCUT2D eigenvalue weighted by atomic mass is 10.1. The van der Waals surface area contributed by atoms with Gasteiger partial charge in [0.15, 0.2) is 11.5 Å². The number of ether oxygens (including phenoxy) is 1. The lowest BCUT2D eigenvalue weighted by molar-refractivity contribution is 0.162. The van der Waals surface area contributed by atoms with Gasteiger partial charge in [-0.2, -0.15) is 0 Å². The predicted molar refractivity (Wildman–Crippen MR) is 100 cm³/mol. The van der Waals surface area contributed by atoms with E-state index in [2.05, 4.69) is 10.3 Å². The third kappa shape index (κ3) is 3.37. The van der Waals surface area contributed by atoms with Crippen LogP contribution < -0.4 is 15.6 Å². The van der Waals surface area contributed by atoms with E-state index < -0.39 is 0 Å². The van der Waals surface area contributed by atoms with Crippen molar-refractivity contribution < 1.29 is 9.15 Å². The molecule has 6 heteroatoms.